The molecule has 0 amide bonds. The first-order valence-corrected chi connectivity index (χ1v) is 6.15. The topological polar surface area (TPSA) is 53.0 Å². The number of nitrogen functional groups attached to an aromatic ring is 1. The fourth-order valence-corrected chi connectivity index (χ4v) is 2.34. The Morgan fingerprint density at radius 1 is 1.05 bits per heavy atom. The van der Waals surface area contributed by atoms with Gasteiger partial charge in [0, 0.05) is 12.7 Å². The average molecular weight is 253 g/mol. The molecule has 4 nitrogen and oxygen atoms in total. The molecule has 2 N–H and O–H groups in total. The quantitative estimate of drug-likeness (QED) is 0.710. The Kier molecular flexibility index (Phi) is 2.63. The largest absolute Gasteiger partial charge is 0.399 e. The van der Waals surface area contributed by atoms with Gasteiger partial charge in [-0.05, 0) is 23.8 Å². The minimum atomic E-state index is -0.0237. The van der Waals surface area contributed by atoms with Crippen LogP contribution in [0.25, 0.3) is 11.0 Å². The van der Waals surface area contributed by atoms with Gasteiger partial charge in [0.2, 0.25) is 0 Å². The van der Waals surface area contributed by atoms with Crippen molar-refractivity contribution in [3.05, 3.63) is 64.6 Å². The molecule has 19 heavy (non-hydrogen) atoms. The van der Waals surface area contributed by atoms with E-state index >= 15 is 0 Å². The molecule has 4 heteroatoms. The number of nitrogens with zero attached hydrogens (tertiary/aromatic N) is 2. The molecule has 0 radical (unpaired) electrons. The Labute approximate surface area is 110 Å². The van der Waals surface area contributed by atoms with Gasteiger partial charge < -0.3 is 5.73 Å². The number of fused-ring (bicyclic) bond motifs is 1. The Hall–Kier alpha value is -2.49. The fraction of sp³-hybridized carbons (Fsp3) is 0.133. The summed E-state index contributed by atoms with van der Waals surface area (Å²) in [5.74, 6) is 0. The third kappa shape index (κ3) is 1.91. The van der Waals surface area contributed by atoms with Crippen LogP contribution in [0.3, 0.4) is 0 Å². The Bertz CT molecular complexity index is 784. The first-order valence-electron chi connectivity index (χ1n) is 6.15. The Morgan fingerprint density at radius 3 is 2.53 bits per heavy atom. The fourth-order valence-electron chi connectivity index (χ4n) is 2.34. The molecular weight excluding hydrogens is 238 g/mol. The minimum Gasteiger partial charge on any atom is -0.399 e. The molecule has 0 saturated carbocycles. The first kappa shape index (κ1) is 11.6. The average Bonchev–Trinajstić information content (AvgIpc) is 2.65. The van der Waals surface area contributed by atoms with Crippen LogP contribution in [0.2, 0.25) is 0 Å². The summed E-state index contributed by atoms with van der Waals surface area (Å²) in [4.78, 5) is 12.3. The molecule has 0 bridgehead atoms. The van der Waals surface area contributed by atoms with Crippen molar-refractivity contribution in [3.63, 3.8) is 0 Å². The van der Waals surface area contributed by atoms with E-state index in [9.17, 15) is 4.79 Å². The zero-order chi connectivity index (χ0) is 13.4. The Morgan fingerprint density at radius 2 is 1.79 bits per heavy atom. The van der Waals surface area contributed by atoms with Gasteiger partial charge in [-0.1, -0.05) is 30.3 Å². The van der Waals surface area contributed by atoms with Crippen molar-refractivity contribution in [1.82, 2.24) is 9.13 Å². The molecule has 0 unspecified atom stereocenters. The van der Waals surface area contributed by atoms with Crippen LogP contribution < -0.4 is 11.4 Å². The number of hydrogen-bond donors (Lipinski definition) is 1. The molecular formula is C15H15N3O. The van der Waals surface area contributed by atoms with E-state index in [0.717, 1.165) is 16.6 Å². The van der Waals surface area contributed by atoms with Crippen LogP contribution in [-0.2, 0) is 13.6 Å². The number of hydrogen-bond acceptors (Lipinski definition) is 2. The summed E-state index contributed by atoms with van der Waals surface area (Å²) in [5, 5.41) is 0. The summed E-state index contributed by atoms with van der Waals surface area (Å²) in [5.41, 5.74) is 9.30. The van der Waals surface area contributed by atoms with Gasteiger partial charge >= 0.3 is 5.69 Å². The third-order valence-corrected chi connectivity index (χ3v) is 3.35. The molecule has 96 valence electrons. The SMILES string of the molecule is Cn1c(=O)n(Cc2ccccc2)c2ccc(N)cc21. The predicted molar refractivity (Wildman–Crippen MR) is 77.1 cm³/mol. The van der Waals surface area contributed by atoms with Gasteiger partial charge in [-0.3, -0.25) is 9.13 Å². The van der Waals surface area contributed by atoms with E-state index in [-0.39, 0.29) is 5.69 Å². The van der Waals surface area contributed by atoms with Crippen molar-refractivity contribution in [2.45, 2.75) is 6.54 Å². The van der Waals surface area contributed by atoms with E-state index in [0.29, 0.717) is 12.2 Å². The third-order valence-electron chi connectivity index (χ3n) is 3.35. The standard InChI is InChI=1S/C15H15N3O/c1-17-14-9-12(16)7-8-13(14)18(15(17)19)10-11-5-3-2-4-6-11/h2-9H,10,16H2,1H3. The van der Waals surface area contributed by atoms with Crippen molar-refractivity contribution in [3.8, 4) is 0 Å². The van der Waals surface area contributed by atoms with Crippen LogP contribution in [0.1, 0.15) is 5.56 Å². The Balaban J connectivity index is 2.19. The van der Waals surface area contributed by atoms with Gasteiger partial charge in [0.1, 0.15) is 0 Å². The van der Waals surface area contributed by atoms with Gasteiger partial charge in [0.05, 0.1) is 17.6 Å². The second-order valence-electron chi connectivity index (χ2n) is 4.66. The molecule has 1 heterocycles. The zero-order valence-corrected chi connectivity index (χ0v) is 10.7. The highest BCUT2D eigenvalue weighted by atomic mass is 16.1. The monoisotopic (exact) mass is 253 g/mol. The summed E-state index contributed by atoms with van der Waals surface area (Å²) in [6.07, 6.45) is 0. The molecule has 2 aromatic carbocycles. The summed E-state index contributed by atoms with van der Waals surface area (Å²) >= 11 is 0. The van der Waals surface area contributed by atoms with Crippen LogP contribution in [0.4, 0.5) is 5.69 Å². The van der Waals surface area contributed by atoms with E-state index in [2.05, 4.69) is 0 Å². The first-order chi connectivity index (χ1) is 9.16. The number of benzene rings is 2. The van der Waals surface area contributed by atoms with Crippen LogP contribution in [0.15, 0.2) is 53.3 Å². The lowest BCUT2D eigenvalue weighted by molar-refractivity contribution is 0.736. The number of nitrogens with two attached hydrogens (primary N) is 1. The van der Waals surface area contributed by atoms with Crippen LogP contribution >= 0.6 is 0 Å². The van der Waals surface area contributed by atoms with Crippen molar-refractivity contribution in [2.75, 3.05) is 5.73 Å². The molecule has 1 aromatic heterocycles. The summed E-state index contributed by atoms with van der Waals surface area (Å²) in [6, 6.07) is 15.5. The zero-order valence-electron chi connectivity index (χ0n) is 10.7. The number of aryl methyl sites for hydroxylation is 1. The minimum absolute atomic E-state index is 0.0237. The molecule has 3 rings (SSSR count). The molecule has 0 aliphatic rings. The van der Waals surface area contributed by atoms with Crippen molar-refractivity contribution in [2.24, 2.45) is 7.05 Å². The molecule has 0 spiro atoms. The summed E-state index contributed by atoms with van der Waals surface area (Å²) in [7, 11) is 1.77. The predicted octanol–water partition coefficient (Wildman–Crippen LogP) is 1.97. The number of anilines is 1. The van der Waals surface area contributed by atoms with E-state index in [4.69, 9.17) is 5.73 Å². The molecule has 3 aromatic rings. The maximum absolute atomic E-state index is 12.3. The molecule has 0 aliphatic carbocycles. The highest BCUT2D eigenvalue weighted by Gasteiger charge is 2.10. The van der Waals surface area contributed by atoms with Gasteiger partial charge in [0.15, 0.2) is 0 Å². The van der Waals surface area contributed by atoms with Crippen LogP contribution in [0, 0.1) is 0 Å². The number of rotatable bonds is 2. The lowest BCUT2D eigenvalue weighted by Gasteiger charge is -2.03. The van der Waals surface area contributed by atoms with Crippen LogP contribution in [-0.4, -0.2) is 9.13 Å². The normalized spacial score (nSPS) is 11.0. The van der Waals surface area contributed by atoms with Crippen molar-refractivity contribution < 1.29 is 0 Å². The molecule has 0 aliphatic heterocycles. The van der Waals surface area contributed by atoms with Crippen molar-refractivity contribution >= 4 is 16.7 Å². The lowest BCUT2D eigenvalue weighted by atomic mass is 10.2. The lowest BCUT2D eigenvalue weighted by Crippen LogP contribution is -2.22. The number of aromatic nitrogens is 2. The van der Waals surface area contributed by atoms with E-state index in [1.807, 2.05) is 48.5 Å². The maximum Gasteiger partial charge on any atom is 0.329 e. The molecule has 0 saturated heterocycles. The van der Waals surface area contributed by atoms with Gasteiger partial charge in [-0.2, -0.15) is 0 Å². The second kappa shape index (κ2) is 4.31. The second-order valence-corrected chi connectivity index (χ2v) is 4.66. The highest BCUT2D eigenvalue weighted by molar-refractivity contribution is 5.79. The molecule has 0 atom stereocenters. The van der Waals surface area contributed by atoms with E-state index in [1.165, 1.54) is 0 Å². The van der Waals surface area contributed by atoms with Crippen LogP contribution in [0.5, 0.6) is 0 Å². The smallest absolute Gasteiger partial charge is 0.329 e. The summed E-state index contributed by atoms with van der Waals surface area (Å²) < 4.78 is 3.40. The number of imidazole rings is 1. The van der Waals surface area contributed by atoms with Gasteiger partial charge in [-0.15, -0.1) is 0 Å². The summed E-state index contributed by atoms with van der Waals surface area (Å²) in [6.45, 7) is 0.570. The van der Waals surface area contributed by atoms with Gasteiger partial charge in [-0.25, -0.2) is 4.79 Å². The van der Waals surface area contributed by atoms with E-state index in [1.54, 1.807) is 16.2 Å². The maximum atomic E-state index is 12.3. The molecule has 0 fully saturated rings. The van der Waals surface area contributed by atoms with Gasteiger partial charge in [0.25, 0.3) is 0 Å². The van der Waals surface area contributed by atoms with Crippen molar-refractivity contribution in [1.29, 1.82) is 0 Å². The van der Waals surface area contributed by atoms with E-state index < -0.39 is 0 Å². The highest BCUT2D eigenvalue weighted by Crippen LogP contribution is 2.17.